The van der Waals surface area contributed by atoms with Gasteiger partial charge in [0.25, 0.3) is 0 Å². The van der Waals surface area contributed by atoms with Crippen molar-refractivity contribution in [2.45, 2.75) is 52.7 Å². The van der Waals surface area contributed by atoms with Gasteiger partial charge in [-0.3, -0.25) is 0 Å². The molecule has 0 spiro atoms. The van der Waals surface area contributed by atoms with E-state index in [0.29, 0.717) is 31.7 Å². The van der Waals surface area contributed by atoms with Crippen molar-refractivity contribution in [1.82, 2.24) is 0 Å². The number of benzene rings is 2. The monoisotopic (exact) mass is 426 g/mol. The summed E-state index contributed by atoms with van der Waals surface area (Å²) in [4.78, 5) is 0. The summed E-state index contributed by atoms with van der Waals surface area (Å²) >= 11 is 0. The van der Waals surface area contributed by atoms with Gasteiger partial charge in [-0.1, -0.05) is 88.4 Å². The van der Waals surface area contributed by atoms with Crippen molar-refractivity contribution in [2.75, 3.05) is 40.5 Å². The SMILES string of the molecule is CC(C)CC(CC(C)C)(c1ccccc1)[N+](C)(C)CCOCCOCc1ccccc1. The summed E-state index contributed by atoms with van der Waals surface area (Å²) < 4.78 is 12.7. The Balaban J connectivity index is 1.97. The van der Waals surface area contributed by atoms with E-state index in [9.17, 15) is 0 Å². The highest BCUT2D eigenvalue weighted by Gasteiger charge is 2.47. The van der Waals surface area contributed by atoms with Gasteiger partial charge >= 0.3 is 0 Å². The lowest BCUT2D eigenvalue weighted by molar-refractivity contribution is -0.952. The molecule has 0 fully saturated rings. The molecule has 0 amide bonds. The molecule has 0 saturated carbocycles. The Morgan fingerprint density at radius 3 is 1.77 bits per heavy atom. The number of quaternary nitrogens is 1. The van der Waals surface area contributed by atoms with Crippen LogP contribution >= 0.6 is 0 Å². The molecular formula is C28H44NO2+. The summed E-state index contributed by atoms with van der Waals surface area (Å²) in [5, 5.41) is 0. The number of nitrogens with zero attached hydrogens (tertiary/aromatic N) is 1. The molecule has 2 aromatic rings. The molecule has 0 aliphatic carbocycles. The Morgan fingerprint density at radius 1 is 0.710 bits per heavy atom. The van der Waals surface area contributed by atoms with Crippen LogP contribution < -0.4 is 0 Å². The summed E-state index contributed by atoms with van der Waals surface area (Å²) in [7, 11) is 4.76. The molecule has 0 aliphatic heterocycles. The molecule has 2 aromatic carbocycles. The molecule has 2 rings (SSSR count). The van der Waals surface area contributed by atoms with Crippen molar-refractivity contribution in [3.05, 3.63) is 71.8 Å². The van der Waals surface area contributed by atoms with Gasteiger partial charge in [0, 0.05) is 18.4 Å². The summed E-state index contributed by atoms with van der Waals surface area (Å²) in [6.45, 7) is 13.0. The van der Waals surface area contributed by atoms with E-state index in [1.54, 1.807) is 0 Å². The fourth-order valence-electron chi connectivity index (χ4n) is 4.75. The second-order valence-corrected chi connectivity index (χ2v) is 10.2. The maximum atomic E-state index is 6.01. The van der Waals surface area contributed by atoms with Crippen LogP contribution in [0.2, 0.25) is 0 Å². The maximum absolute atomic E-state index is 6.01. The molecule has 3 nitrogen and oxygen atoms in total. The fourth-order valence-corrected chi connectivity index (χ4v) is 4.75. The Morgan fingerprint density at radius 2 is 1.23 bits per heavy atom. The van der Waals surface area contributed by atoms with Crippen molar-refractivity contribution >= 4 is 0 Å². The molecule has 0 atom stereocenters. The van der Waals surface area contributed by atoms with Crippen molar-refractivity contribution in [3.8, 4) is 0 Å². The van der Waals surface area contributed by atoms with Gasteiger partial charge in [-0.2, -0.15) is 0 Å². The van der Waals surface area contributed by atoms with Gasteiger partial charge in [0.05, 0.1) is 40.5 Å². The van der Waals surface area contributed by atoms with Gasteiger partial charge in [-0.15, -0.1) is 0 Å². The average molecular weight is 427 g/mol. The summed E-state index contributed by atoms with van der Waals surface area (Å²) in [5.41, 5.74) is 2.74. The summed E-state index contributed by atoms with van der Waals surface area (Å²) in [6.07, 6.45) is 2.34. The van der Waals surface area contributed by atoms with E-state index in [1.807, 2.05) is 18.2 Å². The minimum Gasteiger partial charge on any atom is -0.374 e. The quantitative estimate of drug-likeness (QED) is 0.261. The molecule has 0 N–H and O–H groups in total. The van der Waals surface area contributed by atoms with Crippen LogP contribution in [-0.2, 0) is 21.6 Å². The van der Waals surface area contributed by atoms with E-state index < -0.39 is 0 Å². The van der Waals surface area contributed by atoms with Gasteiger partial charge in [-0.25, -0.2) is 0 Å². The highest BCUT2D eigenvalue weighted by Crippen LogP contribution is 2.43. The Labute approximate surface area is 191 Å². The zero-order chi connectivity index (χ0) is 22.7. The highest BCUT2D eigenvalue weighted by atomic mass is 16.5. The summed E-state index contributed by atoms with van der Waals surface area (Å²) in [5.74, 6) is 1.26. The minimum absolute atomic E-state index is 0.0801. The molecule has 0 bridgehead atoms. The van der Waals surface area contributed by atoms with Gasteiger partial charge in [0.15, 0.2) is 0 Å². The Bertz CT molecular complexity index is 715. The second-order valence-electron chi connectivity index (χ2n) is 10.2. The molecular weight excluding hydrogens is 382 g/mol. The normalized spacial score (nSPS) is 12.6. The van der Waals surface area contributed by atoms with Gasteiger partial charge in [0.2, 0.25) is 0 Å². The van der Waals surface area contributed by atoms with Crippen LogP contribution in [0.3, 0.4) is 0 Å². The number of rotatable bonds is 14. The van der Waals surface area contributed by atoms with E-state index in [1.165, 1.54) is 24.0 Å². The number of ether oxygens (including phenoxy) is 2. The fraction of sp³-hybridized carbons (Fsp3) is 0.571. The van der Waals surface area contributed by atoms with Crippen molar-refractivity contribution in [1.29, 1.82) is 0 Å². The standard InChI is InChI=1S/C28H44NO2/c1-24(2)21-28(22-25(3)4,27-15-11-8-12-16-27)29(5,6)17-18-30-19-20-31-23-26-13-9-7-10-14-26/h7-16,24-25H,17-23H2,1-6H3/q+1. The van der Waals surface area contributed by atoms with Crippen molar-refractivity contribution in [3.63, 3.8) is 0 Å². The predicted octanol–water partition coefficient (Wildman–Crippen LogP) is 6.28. The zero-order valence-corrected chi connectivity index (χ0v) is 20.6. The van der Waals surface area contributed by atoms with E-state index in [-0.39, 0.29) is 5.54 Å². The van der Waals surface area contributed by atoms with Crippen LogP contribution in [0.4, 0.5) is 0 Å². The molecule has 0 aromatic heterocycles. The lowest BCUT2D eigenvalue weighted by atomic mass is 9.74. The van der Waals surface area contributed by atoms with Crippen LogP contribution in [0, 0.1) is 11.8 Å². The first-order valence-corrected chi connectivity index (χ1v) is 11.8. The largest absolute Gasteiger partial charge is 0.374 e. The van der Waals surface area contributed by atoms with E-state index >= 15 is 0 Å². The lowest BCUT2D eigenvalue weighted by Crippen LogP contribution is -2.59. The van der Waals surface area contributed by atoms with E-state index in [2.05, 4.69) is 84.3 Å². The molecule has 0 unspecified atom stereocenters. The Hall–Kier alpha value is -1.68. The Kier molecular flexibility index (Phi) is 10.2. The van der Waals surface area contributed by atoms with Gasteiger partial charge < -0.3 is 14.0 Å². The molecule has 0 saturated heterocycles. The van der Waals surface area contributed by atoms with Crippen molar-refractivity contribution < 1.29 is 14.0 Å². The molecule has 0 heterocycles. The second kappa shape index (κ2) is 12.4. The third-order valence-electron chi connectivity index (χ3n) is 6.24. The van der Waals surface area contributed by atoms with Crippen LogP contribution in [-0.4, -0.2) is 44.9 Å². The first kappa shape index (κ1) is 25.6. The lowest BCUT2D eigenvalue weighted by Gasteiger charge is -2.51. The average Bonchev–Trinajstić information content (AvgIpc) is 2.73. The zero-order valence-electron chi connectivity index (χ0n) is 20.6. The predicted molar refractivity (Wildman–Crippen MR) is 131 cm³/mol. The molecule has 0 aliphatic rings. The third kappa shape index (κ3) is 7.75. The topological polar surface area (TPSA) is 18.5 Å². The minimum atomic E-state index is 0.0801. The van der Waals surface area contributed by atoms with E-state index in [4.69, 9.17) is 9.47 Å². The van der Waals surface area contributed by atoms with Crippen LogP contribution in [0.5, 0.6) is 0 Å². The van der Waals surface area contributed by atoms with Crippen LogP contribution in [0.1, 0.15) is 51.7 Å². The van der Waals surface area contributed by atoms with Crippen LogP contribution in [0.15, 0.2) is 60.7 Å². The molecule has 3 heteroatoms. The summed E-state index contributed by atoms with van der Waals surface area (Å²) in [6, 6.07) is 21.4. The smallest absolute Gasteiger partial charge is 0.125 e. The van der Waals surface area contributed by atoms with Crippen LogP contribution in [0.25, 0.3) is 0 Å². The number of hydrogen-bond donors (Lipinski definition) is 0. The molecule has 172 valence electrons. The van der Waals surface area contributed by atoms with E-state index in [0.717, 1.165) is 17.6 Å². The van der Waals surface area contributed by atoms with Gasteiger partial charge in [0.1, 0.15) is 12.1 Å². The number of likely N-dealkylation sites (N-methyl/N-ethyl adjacent to an activating group) is 1. The first-order valence-electron chi connectivity index (χ1n) is 11.8. The van der Waals surface area contributed by atoms with Gasteiger partial charge in [-0.05, 0) is 17.4 Å². The molecule has 31 heavy (non-hydrogen) atoms. The first-order chi connectivity index (χ1) is 14.8. The highest BCUT2D eigenvalue weighted by molar-refractivity contribution is 5.23. The maximum Gasteiger partial charge on any atom is 0.125 e. The molecule has 0 radical (unpaired) electrons. The number of hydrogen-bond acceptors (Lipinski definition) is 2. The third-order valence-corrected chi connectivity index (χ3v) is 6.24. The van der Waals surface area contributed by atoms with Crippen molar-refractivity contribution in [2.24, 2.45) is 11.8 Å².